The maximum Gasteiger partial charge on any atom is 0.0507 e. The average Bonchev–Trinajstić information content (AvgIpc) is 2.18. The van der Waals surface area contributed by atoms with Gasteiger partial charge in [-0.25, -0.2) is 0 Å². The Bertz CT molecular complexity index is 271. The normalized spacial score (nSPS) is 25.6. The van der Waals surface area contributed by atoms with E-state index >= 15 is 0 Å². The third-order valence-corrected chi connectivity index (χ3v) is 2.32. The van der Waals surface area contributed by atoms with E-state index in [0.717, 1.165) is 12.1 Å². The molecule has 0 bridgehead atoms. The molecule has 0 amide bonds. The summed E-state index contributed by atoms with van der Waals surface area (Å²) in [5.74, 6) is 0.534. The van der Waals surface area contributed by atoms with Crippen molar-refractivity contribution in [3.8, 4) is 0 Å². The number of rotatable bonds is 4. The lowest BCUT2D eigenvalue weighted by molar-refractivity contribution is 0.548. The van der Waals surface area contributed by atoms with Crippen molar-refractivity contribution in [2.45, 2.75) is 26.3 Å². The Morgan fingerprint density at radius 3 is 2.79 bits per heavy atom. The Kier molecular flexibility index (Phi) is 4.24. The molecule has 1 nitrogen and oxygen atoms in total. The van der Waals surface area contributed by atoms with Crippen LogP contribution in [0.3, 0.4) is 0 Å². The van der Waals surface area contributed by atoms with E-state index in [9.17, 15) is 0 Å². The van der Waals surface area contributed by atoms with Crippen LogP contribution >= 0.6 is 0 Å². The molecular weight excluding hydrogens is 170 g/mol. The number of allylic oxidation sites excluding steroid dienone is 4. The molecule has 0 aliphatic heterocycles. The molecule has 1 aliphatic rings. The molecule has 0 heterocycles. The molecule has 76 valence electrons. The highest BCUT2D eigenvalue weighted by Gasteiger charge is 2.12. The van der Waals surface area contributed by atoms with Crippen LogP contribution < -0.4 is 5.32 Å². The van der Waals surface area contributed by atoms with E-state index in [1.807, 2.05) is 6.08 Å². The van der Waals surface area contributed by atoms with Crippen molar-refractivity contribution in [1.82, 2.24) is 5.32 Å². The summed E-state index contributed by atoms with van der Waals surface area (Å²) in [4.78, 5) is 0. The summed E-state index contributed by atoms with van der Waals surface area (Å²) in [6.07, 6.45) is 13.8. The van der Waals surface area contributed by atoms with Crippen LogP contribution in [0.5, 0.6) is 0 Å². The first-order valence-corrected chi connectivity index (χ1v) is 5.21. The molecule has 1 rings (SSSR count). The maximum atomic E-state index is 3.96. The van der Waals surface area contributed by atoms with Gasteiger partial charge in [0.25, 0.3) is 0 Å². The Morgan fingerprint density at radius 2 is 2.14 bits per heavy atom. The molecule has 1 N–H and O–H groups in total. The van der Waals surface area contributed by atoms with Gasteiger partial charge in [0.15, 0.2) is 0 Å². The van der Waals surface area contributed by atoms with E-state index < -0.39 is 0 Å². The average molecular weight is 189 g/mol. The second-order valence-electron chi connectivity index (χ2n) is 3.63. The van der Waals surface area contributed by atoms with Crippen molar-refractivity contribution in [2.75, 3.05) is 0 Å². The van der Waals surface area contributed by atoms with Crippen LogP contribution in [0.15, 0.2) is 48.7 Å². The van der Waals surface area contributed by atoms with Gasteiger partial charge in [0, 0.05) is 5.70 Å². The molecule has 0 aromatic heterocycles. The Balaban J connectivity index is 2.44. The zero-order valence-electron chi connectivity index (χ0n) is 9.03. The highest BCUT2D eigenvalue weighted by atomic mass is 14.9. The van der Waals surface area contributed by atoms with E-state index in [-0.39, 0.29) is 0 Å². The molecule has 0 saturated carbocycles. The molecule has 2 atom stereocenters. The first-order chi connectivity index (χ1) is 6.74. The lowest BCUT2D eigenvalue weighted by Gasteiger charge is -2.22. The molecule has 0 radical (unpaired) electrons. The summed E-state index contributed by atoms with van der Waals surface area (Å²) in [6, 6.07) is 0.383. The molecule has 0 saturated heterocycles. The first-order valence-electron chi connectivity index (χ1n) is 5.21. The van der Waals surface area contributed by atoms with Crippen LogP contribution in [-0.2, 0) is 0 Å². The van der Waals surface area contributed by atoms with E-state index in [0.29, 0.717) is 12.0 Å². The van der Waals surface area contributed by atoms with E-state index in [4.69, 9.17) is 0 Å². The molecule has 0 spiro atoms. The molecule has 2 unspecified atom stereocenters. The van der Waals surface area contributed by atoms with Crippen LogP contribution in [0, 0.1) is 5.92 Å². The van der Waals surface area contributed by atoms with E-state index in [1.165, 1.54) is 0 Å². The van der Waals surface area contributed by atoms with Crippen molar-refractivity contribution in [3.05, 3.63) is 48.7 Å². The fourth-order valence-electron chi connectivity index (χ4n) is 1.42. The molecular formula is C13H19N. The summed E-state index contributed by atoms with van der Waals surface area (Å²) in [5, 5.41) is 3.38. The lowest BCUT2D eigenvalue weighted by Crippen LogP contribution is -2.31. The third-order valence-electron chi connectivity index (χ3n) is 2.32. The van der Waals surface area contributed by atoms with Gasteiger partial charge in [-0.3, -0.25) is 0 Å². The minimum absolute atomic E-state index is 0.383. The lowest BCUT2D eigenvalue weighted by atomic mass is 9.97. The summed E-state index contributed by atoms with van der Waals surface area (Å²) in [6.45, 7) is 8.29. The van der Waals surface area contributed by atoms with Crippen LogP contribution in [0.2, 0.25) is 0 Å². The summed E-state index contributed by atoms with van der Waals surface area (Å²) < 4.78 is 0. The van der Waals surface area contributed by atoms with Crippen LogP contribution in [0.1, 0.15) is 20.3 Å². The Morgan fingerprint density at radius 1 is 1.43 bits per heavy atom. The van der Waals surface area contributed by atoms with Gasteiger partial charge in [0.05, 0.1) is 6.04 Å². The Labute approximate surface area is 86.9 Å². The molecule has 1 aliphatic carbocycles. The minimum Gasteiger partial charge on any atom is -0.379 e. The van der Waals surface area contributed by atoms with E-state index in [2.05, 4.69) is 56.1 Å². The summed E-state index contributed by atoms with van der Waals surface area (Å²) >= 11 is 0. The van der Waals surface area contributed by atoms with Crippen molar-refractivity contribution in [1.29, 1.82) is 0 Å². The monoisotopic (exact) mass is 189 g/mol. The first kappa shape index (κ1) is 10.8. The number of nitrogens with one attached hydrogen (secondary N) is 1. The highest BCUT2D eigenvalue weighted by molar-refractivity contribution is 5.21. The minimum atomic E-state index is 0.383. The van der Waals surface area contributed by atoms with Gasteiger partial charge in [0.1, 0.15) is 0 Å². The van der Waals surface area contributed by atoms with Gasteiger partial charge >= 0.3 is 0 Å². The topological polar surface area (TPSA) is 12.0 Å². The van der Waals surface area contributed by atoms with Gasteiger partial charge in [-0.2, -0.15) is 0 Å². The standard InChI is InChI=1S/C13H19N/c1-4-5-9-12(3)14-13-10-7-6-8-11(13)2/h5-11,13-14H,3-4H2,1-2H3/b9-5-. The predicted octanol–water partition coefficient (Wildman–Crippen LogP) is 3.19. The van der Waals surface area contributed by atoms with Crippen LogP contribution in [-0.4, -0.2) is 6.04 Å². The van der Waals surface area contributed by atoms with Crippen molar-refractivity contribution < 1.29 is 0 Å². The zero-order chi connectivity index (χ0) is 10.4. The Hall–Kier alpha value is -1.24. The van der Waals surface area contributed by atoms with Crippen LogP contribution in [0.4, 0.5) is 0 Å². The number of hydrogen-bond acceptors (Lipinski definition) is 1. The van der Waals surface area contributed by atoms with Crippen molar-refractivity contribution >= 4 is 0 Å². The second kappa shape index (κ2) is 5.48. The third kappa shape index (κ3) is 3.25. The quantitative estimate of drug-likeness (QED) is 0.670. The second-order valence-corrected chi connectivity index (χ2v) is 3.63. The molecule has 0 aromatic carbocycles. The smallest absolute Gasteiger partial charge is 0.0507 e. The maximum absolute atomic E-state index is 3.96. The molecule has 0 aromatic rings. The fourth-order valence-corrected chi connectivity index (χ4v) is 1.42. The summed E-state index contributed by atoms with van der Waals surface area (Å²) in [5.41, 5.74) is 0.989. The SMILES string of the molecule is C=C(/C=C\CC)NC1C=CC=CC1C. The highest BCUT2D eigenvalue weighted by Crippen LogP contribution is 2.12. The van der Waals surface area contributed by atoms with Crippen molar-refractivity contribution in [3.63, 3.8) is 0 Å². The van der Waals surface area contributed by atoms with Crippen LogP contribution in [0.25, 0.3) is 0 Å². The summed E-state index contributed by atoms with van der Waals surface area (Å²) in [7, 11) is 0. The van der Waals surface area contributed by atoms with Gasteiger partial charge in [-0.15, -0.1) is 0 Å². The van der Waals surface area contributed by atoms with Gasteiger partial charge in [0.2, 0.25) is 0 Å². The molecule has 14 heavy (non-hydrogen) atoms. The largest absolute Gasteiger partial charge is 0.379 e. The molecule has 0 fully saturated rings. The predicted molar refractivity (Wildman–Crippen MR) is 62.9 cm³/mol. The zero-order valence-corrected chi connectivity index (χ0v) is 9.03. The van der Waals surface area contributed by atoms with Gasteiger partial charge in [-0.05, 0) is 18.4 Å². The van der Waals surface area contributed by atoms with Crippen molar-refractivity contribution in [2.24, 2.45) is 5.92 Å². The van der Waals surface area contributed by atoms with Gasteiger partial charge < -0.3 is 5.32 Å². The fraction of sp³-hybridized carbons (Fsp3) is 0.385. The molecule has 1 heteroatoms. The van der Waals surface area contributed by atoms with Gasteiger partial charge in [-0.1, -0.05) is 50.8 Å². The van der Waals surface area contributed by atoms with E-state index in [1.54, 1.807) is 0 Å². The number of hydrogen-bond donors (Lipinski definition) is 1.